The number of aryl methyl sites for hydroxylation is 1. The summed E-state index contributed by atoms with van der Waals surface area (Å²) in [6.45, 7) is 6.31. The highest BCUT2D eigenvalue weighted by Crippen LogP contribution is 2.38. The van der Waals surface area contributed by atoms with Crippen LogP contribution in [0.15, 0.2) is 110 Å². The third-order valence-corrected chi connectivity index (χ3v) is 8.42. The van der Waals surface area contributed by atoms with Gasteiger partial charge in [0.15, 0.2) is 0 Å². The number of hydrogen-bond acceptors (Lipinski definition) is 2. The summed E-state index contributed by atoms with van der Waals surface area (Å²) in [5.41, 5.74) is 7.02. The Kier molecular flexibility index (Phi) is 4.77. The first kappa shape index (κ1) is 21.0. The number of fused-ring (bicyclic) bond motifs is 6. The highest BCUT2D eigenvalue weighted by Gasteiger charge is 2.12. The molecule has 0 aliphatic carbocycles. The molecule has 0 N–H and O–H groups in total. The van der Waals surface area contributed by atoms with Crippen LogP contribution in [0.2, 0.25) is 0 Å². The first-order valence-corrected chi connectivity index (χ1v) is 13.0. The first-order valence-electron chi connectivity index (χ1n) is 12.2. The van der Waals surface area contributed by atoms with Gasteiger partial charge in [-0.05, 0) is 75.0 Å². The molecule has 2 aromatic heterocycles. The number of pyridine rings is 1. The lowest BCUT2D eigenvalue weighted by Gasteiger charge is -2.14. The van der Waals surface area contributed by atoms with Crippen molar-refractivity contribution in [1.82, 2.24) is 4.98 Å². The van der Waals surface area contributed by atoms with E-state index in [-0.39, 0.29) is 0 Å². The van der Waals surface area contributed by atoms with Gasteiger partial charge in [-0.1, -0.05) is 85.5 Å². The number of thiophene rings is 1. The van der Waals surface area contributed by atoms with Crippen molar-refractivity contribution in [1.29, 1.82) is 0 Å². The quantitative estimate of drug-likeness (QED) is 0.231. The Morgan fingerprint density at radius 3 is 2.19 bits per heavy atom. The molecule has 0 fully saturated rings. The minimum Gasteiger partial charge on any atom is -0.255 e. The summed E-state index contributed by atoms with van der Waals surface area (Å²) in [6, 6.07) is 35.0. The molecule has 2 heterocycles. The summed E-state index contributed by atoms with van der Waals surface area (Å²) in [5, 5.41) is 7.66. The fourth-order valence-electron chi connectivity index (χ4n) is 5.48. The van der Waals surface area contributed by atoms with Crippen molar-refractivity contribution in [2.24, 2.45) is 0 Å². The van der Waals surface area contributed by atoms with E-state index < -0.39 is 0 Å². The predicted octanol–water partition coefficient (Wildman–Crippen LogP) is 10.0. The van der Waals surface area contributed by atoms with E-state index in [9.17, 15) is 0 Å². The van der Waals surface area contributed by atoms with Gasteiger partial charge in [-0.3, -0.25) is 4.98 Å². The highest BCUT2D eigenvalue weighted by molar-refractivity contribution is 7.25. The summed E-state index contributed by atoms with van der Waals surface area (Å²) >= 11 is 1.80. The van der Waals surface area contributed by atoms with E-state index in [2.05, 4.69) is 111 Å². The molecule has 0 spiro atoms. The van der Waals surface area contributed by atoms with Crippen LogP contribution in [-0.4, -0.2) is 4.98 Å². The smallest absolute Gasteiger partial charge is 0.0709 e. The molecule has 1 nitrogen and oxygen atoms in total. The molecular weight excluding hydrogens is 454 g/mol. The lowest BCUT2D eigenvalue weighted by molar-refractivity contribution is 1.37. The molecule has 7 rings (SSSR count). The van der Waals surface area contributed by atoms with E-state index in [1.165, 1.54) is 64.0 Å². The molecule has 0 saturated carbocycles. The standard InChI is InChI=1S/C34H23NS/c1-3-25-21(2)30-18-23(15-16-28(30)27-12-5-4-11-26(25)27)22-9-8-10-24(17-22)32-19-31-29-13-6-7-14-33(29)36-34(31)20-35-32/h3-20H,1H2,2H3. The van der Waals surface area contributed by atoms with Gasteiger partial charge in [0.2, 0.25) is 0 Å². The van der Waals surface area contributed by atoms with Crippen molar-refractivity contribution >= 4 is 59.1 Å². The van der Waals surface area contributed by atoms with E-state index in [1.807, 2.05) is 12.3 Å². The van der Waals surface area contributed by atoms with Gasteiger partial charge in [-0.2, -0.15) is 0 Å². The fraction of sp³-hybridized carbons (Fsp3) is 0.0294. The number of rotatable bonds is 3. The Morgan fingerprint density at radius 2 is 1.33 bits per heavy atom. The second-order valence-electron chi connectivity index (χ2n) is 9.29. The van der Waals surface area contributed by atoms with Crippen molar-refractivity contribution in [3.8, 4) is 22.4 Å². The van der Waals surface area contributed by atoms with Gasteiger partial charge >= 0.3 is 0 Å². The van der Waals surface area contributed by atoms with Crippen LogP contribution >= 0.6 is 11.3 Å². The Morgan fingerprint density at radius 1 is 0.611 bits per heavy atom. The molecule has 2 heteroatoms. The van der Waals surface area contributed by atoms with Crippen LogP contribution in [-0.2, 0) is 0 Å². The van der Waals surface area contributed by atoms with Gasteiger partial charge in [-0.25, -0.2) is 0 Å². The minimum absolute atomic E-state index is 1.00. The molecule has 0 bridgehead atoms. The number of nitrogens with zero attached hydrogens (tertiary/aromatic N) is 1. The lowest BCUT2D eigenvalue weighted by Crippen LogP contribution is -1.90. The summed E-state index contributed by atoms with van der Waals surface area (Å²) in [5.74, 6) is 0. The predicted molar refractivity (Wildman–Crippen MR) is 158 cm³/mol. The maximum Gasteiger partial charge on any atom is 0.0709 e. The summed E-state index contributed by atoms with van der Waals surface area (Å²) < 4.78 is 2.53. The van der Waals surface area contributed by atoms with Crippen LogP contribution in [0, 0.1) is 6.92 Å². The average Bonchev–Trinajstić information content (AvgIpc) is 3.31. The van der Waals surface area contributed by atoms with Gasteiger partial charge in [0.05, 0.1) is 10.4 Å². The molecule has 0 radical (unpaired) electrons. The van der Waals surface area contributed by atoms with Crippen LogP contribution in [0.25, 0.3) is 70.2 Å². The molecule has 36 heavy (non-hydrogen) atoms. The average molecular weight is 478 g/mol. The van der Waals surface area contributed by atoms with Gasteiger partial charge in [0.25, 0.3) is 0 Å². The summed E-state index contributed by atoms with van der Waals surface area (Å²) in [7, 11) is 0. The van der Waals surface area contributed by atoms with E-state index in [0.717, 1.165) is 11.3 Å². The van der Waals surface area contributed by atoms with Crippen LogP contribution < -0.4 is 0 Å². The Bertz CT molecular complexity index is 1980. The van der Waals surface area contributed by atoms with E-state index in [0.29, 0.717) is 0 Å². The molecule has 0 atom stereocenters. The number of benzene rings is 5. The molecule has 0 amide bonds. The molecule has 0 unspecified atom stereocenters. The van der Waals surface area contributed by atoms with Crippen molar-refractivity contribution in [3.05, 3.63) is 121 Å². The maximum absolute atomic E-state index is 4.83. The van der Waals surface area contributed by atoms with E-state index >= 15 is 0 Å². The second kappa shape index (κ2) is 8.15. The highest BCUT2D eigenvalue weighted by atomic mass is 32.1. The lowest BCUT2D eigenvalue weighted by atomic mass is 9.90. The van der Waals surface area contributed by atoms with Crippen LogP contribution in [0.5, 0.6) is 0 Å². The molecule has 0 aliphatic heterocycles. The maximum atomic E-state index is 4.83. The Hall–Kier alpha value is -4.27. The van der Waals surface area contributed by atoms with Gasteiger partial charge in [0.1, 0.15) is 0 Å². The SMILES string of the molecule is C=Cc1c(C)c2cc(-c3cccc(-c4cc5c(cn4)sc4ccccc45)c3)ccc2c2ccccc12. The third kappa shape index (κ3) is 3.19. The molecule has 5 aromatic carbocycles. The molecule has 0 aliphatic rings. The third-order valence-electron chi connectivity index (χ3n) is 7.30. The van der Waals surface area contributed by atoms with Gasteiger partial charge in [0, 0.05) is 27.2 Å². The molecule has 0 saturated heterocycles. The van der Waals surface area contributed by atoms with Crippen molar-refractivity contribution in [3.63, 3.8) is 0 Å². The zero-order valence-electron chi connectivity index (χ0n) is 20.0. The topological polar surface area (TPSA) is 12.9 Å². The Labute approximate surface area is 214 Å². The monoisotopic (exact) mass is 477 g/mol. The summed E-state index contributed by atoms with van der Waals surface area (Å²) in [4.78, 5) is 4.83. The van der Waals surface area contributed by atoms with Crippen LogP contribution in [0.4, 0.5) is 0 Å². The number of aromatic nitrogens is 1. The first-order chi connectivity index (χ1) is 17.7. The van der Waals surface area contributed by atoms with Gasteiger partial charge < -0.3 is 0 Å². The number of hydrogen-bond donors (Lipinski definition) is 0. The van der Waals surface area contributed by atoms with Crippen LogP contribution in [0.3, 0.4) is 0 Å². The van der Waals surface area contributed by atoms with E-state index in [1.54, 1.807) is 11.3 Å². The zero-order valence-corrected chi connectivity index (χ0v) is 20.8. The van der Waals surface area contributed by atoms with Crippen molar-refractivity contribution in [2.75, 3.05) is 0 Å². The van der Waals surface area contributed by atoms with Crippen molar-refractivity contribution < 1.29 is 0 Å². The zero-order chi connectivity index (χ0) is 24.2. The molecule has 170 valence electrons. The van der Waals surface area contributed by atoms with Gasteiger partial charge in [-0.15, -0.1) is 11.3 Å². The molecule has 7 aromatic rings. The fourth-order valence-corrected chi connectivity index (χ4v) is 6.53. The largest absolute Gasteiger partial charge is 0.255 e. The summed E-state index contributed by atoms with van der Waals surface area (Å²) in [6.07, 6.45) is 4.00. The Balaban J connectivity index is 1.38. The van der Waals surface area contributed by atoms with Crippen molar-refractivity contribution in [2.45, 2.75) is 6.92 Å². The second-order valence-corrected chi connectivity index (χ2v) is 10.4. The normalized spacial score (nSPS) is 11.6. The van der Waals surface area contributed by atoms with E-state index in [4.69, 9.17) is 4.98 Å². The molecular formula is C34H23NS. The minimum atomic E-state index is 1.00. The van der Waals surface area contributed by atoms with Crippen LogP contribution in [0.1, 0.15) is 11.1 Å².